The summed E-state index contributed by atoms with van der Waals surface area (Å²) in [6.45, 7) is 4.36. The van der Waals surface area contributed by atoms with Gasteiger partial charge in [0.1, 0.15) is 12.4 Å². The van der Waals surface area contributed by atoms with E-state index in [1.807, 2.05) is 31.2 Å². The smallest absolute Gasteiger partial charge is 0.246 e. The maximum absolute atomic E-state index is 12.0. The van der Waals surface area contributed by atoms with Gasteiger partial charge >= 0.3 is 0 Å². The van der Waals surface area contributed by atoms with Crippen LogP contribution in [0.2, 0.25) is 0 Å². The molecule has 1 amide bonds. The van der Waals surface area contributed by atoms with Gasteiger partial charge in [0.15, 0.2) is 0 Å². The molecule has 1 saturated heterocycles. The van der Waals surface area contributed by atoms with Crippen LogP contribution in [-0.2, 0) is 9.53 Å². The molecular formula is C15H20N2O3. The van der Waals surface area contributed by atoms with Crippen LogP contribution in [0.3, 0.4) is 0 Å². The summed E-state index contributed by atoms with van der Waals surface area (Å²) in [6, 6.07) is 7.85. The number of ether oxygens (including phenoxy) is 2. The Morgan fingerprint density at radius 1 is 1.50 bits per heavy atom. The molecule has 5 heteroatoms. The average molecular weight is 276 g/mol. The summed E-state index contributed by atoms with van der Waals surface area (Å²) in [5, 5.41) is 6.18. The van der Waals surface area contributed by atoms with Gasteiger partial charge in [0.05, 0.1) is 18.2 Å². The van der Waals surface area contributed by atoms with Crippen LogP contribution in [0.4, 0.5) is 0 Å². The number of carbonyl (C=O) groups excluding carboxylic acids is 1. The van der Waals surface area contributed by atoms with Crippen molar-refractivity contribution in [1.82, 2.24) is 10.6 Å². The lowest BCUT2D eigenvalue weighted by Gasteiger charge is -2.39. The van der Waals surface area contributed by atoms with E-state index in [9.17, 15) is 4.79 Å². The predicted molar refractivity (Wildman–Crippen MR) is 74.7 cm³/mol. The van der Waals surface area contributed by atoms with Gasteiger partial charge in [-0.2, -0.15) is 0 Å². The highest BCUT2D eigenvalue weighted by Gasteiger charge is 2.33. The first kappa shape index (κ1) is 13.4. The predicted octanol–water partition coefficient (Wildman–Crippen LogP) is 1.00. The van der Waals surface area contributed by atoms with E-state index in [1.165, 1.54) is 0 Å². The first-order chi connectivity index (χ1) is 9.66. The van der Waals surface area contributed by atoms with Gasteiger partial charge in [0.2, 0.25) is 5.91 Å². The molecule has 5 nitrogen and oxygen atoms in total. The fraction of sp³-hybridized carbons (Fsp3) is 0.533. The Morgan fingerprint density at radius 2 is 2.30 bits per heavy atom. The number of amides is 1. The number of para-hydroxylation sites is 1. The van der Waals surface area contributed by atoms with Crippen molar-refractivity contribution in [2.45, 2.75) is 25.0 Å². The maximum Gasteiger partial charge on any atom is 0.246 e. The maximum atomic E-state index is 12.0. The van der Waals surface area contributed by atoms with Gasteiger partial charge in [-0.25, -0.2) is 0 Å². The van der Waals surface area contributed by atoms with Crippen LogP contribution in [0, 0.1) is 0 Å². The van der Waals surface area contributed by atoms with Crippen LogP contribution in [0.25, 0.3) is 0 Å². The molecule has 0 spiro atoms. The molecule has 108 valence electrons. The number of fused-ring (bicyclic) bond motifs is 1. The van der Waals surface area contributed by atoms with E-state index < -0.39 is 0 Å². The van der Waals surface area contributed by atoms with Crippen molar-refractivity contribution < 1.29 is 14.3 Å². The molecule has 3 rings (SSSR count). The van der Waals surface area contributed by atoms with Crippen molar-refractivity contribution >= 4 is 5.91 Å². The normalized spacial score (nSPS) is 23.1. The standard InChI is InChI=1S/C15H20N2O3/c1-15(9-16-10-15)20-8-14(18)17-12-6-7-19-13-5-3-2-4-11(12)13/h2-5,12,16H,6-10H2,1H3,(H,17,18). The van der Waals surface area contributed by atoms with E-state index in [0.717, 1.165) is 30.8 Å². The van der Waals surface area contributed by atoms with E-state index >= 15 is 0 Å². The van der Waals surface area contributed by atoms with Gasteiger partial charge in [0, 0.05) is 25.1 Å². The highest BCUT2D eigenvalue weighted by Crippen LogP contribution is 2.31. The summed E-state index contributed by atoms with van der Waals surface area (Å²) in [7, 11) is 0. The molecule has 1 atom stereocenters. The minimum atomic E-state index is -0.190. The van der Waals surface area contributed by atoms with Crippen molar-refractivity contribution in [3.63, 3.8) is 0 Å². The SMILES string of the molecule is CC1(OCC(=O)NC2CCOc3ccccc32)CNC1. The number of rotatable bonds is 4. The molecule has 2 aliphatic rings. The van der Waals surface area contributed by atoms with Crippen molar-refractivity contribution in [3.8, 4) is 5.75 Å². The second-order valence-corrected chi connectivity index (χ2v) is 5.64. The van der Waals surface area contributed by atoms with Gasteiger partial charge in [-0.1, -0.05) is 18.2 Å². The fourth-order valence-corrected chi connectivity index (χ4v) is 2.55. The van der Waals surface area contributed by atoms with Crippen molar-refractivity contribution in [2.24, 2.45) is 0 Å². The van der Waals surface area contributed by atoms with Crippen LogP contribution >= 0.6 is 0 Å². The zero-order valence-electron chi connectivity index (χ0n) is 11.6. The van der Waals surface area contributed by atoms with E-state index in [0.29, 0.717) is 6.61 Å². The van der Waals surface area contributed by atoms with Gasteiger partial charge in [0.25, 0.3) is 0 Å². The molecule has 0 aliphatic carbocycles. The zero-order chi connectivity index (χ0) is 14.0. The number of hydrogen-bond donors (Lipinski definition) is 2. The zero-order valence-corrected chi connectivity index (χ0v) is 11.6. The van der Waals surface area contributed by atoms with Crippen molar-refractivity contribution in [1.29, 1.82) is 0 Å². The Kier molecular flexibility index (Phi) is 3.63. The summed E-state index contributed by atoms with van der Waals surface area (Å²) in [5.74, 6) is 0.792. The Hall–Kier alpha value is -1.59. The average Bonchev–Trinajstić information content (AvgIpc) is 2.43. The molecule has 2 heterocycles. The molecule has 1 aromatic carbocycles. The number of benzene rings is 1. The topological polar surface area (TPSA) is 59.6 Å². The minimum absolute atomic E-state index is 0.0170. The summed E-state index contributed by atoms with van der Waals surface area (Å²) >= 11 is 0. The van der Waals surface area contributed by atoms with Gasteiger partial charge in [-0.05, 0) is 13.0 Å². The molecule has 2 N–H and O–H groups in total. The Balaban J connectivity index is 1.57. The summed E-state index contributed by atoms with van der Waals surface area (Å²) in [4.78, 5) is 12.0. The third kappa shape index (κ3) is 2.78. The third-order valence-electron chi connectivity index (χ3n) is 3.84. The van der Waals surface area contributed by atoms with Gasteiger partial charge in [-0.15, -0.1) is 0 Å². The number of carbonyl (C=O) groups is 1. The quantitative estimate of drug-likeness (QED) is 0.861. The minimum Gasteiger partial charge on any atom is -0.493 e. The Morgan fingerprint density at radius 3 is 3.05 bits per heavy atom. The fourth-order valence-electron chi connectivity index (χ4n) is 2.55. The van der Waals surface area contributed by atoms with E-state index in [-0.39, 0.29) is 24.2 Å². The summed E-state index contributed by atoms with van der Waals surface area (Å²) in [5.41, 5.74) is 0.855. The molecule has 20 heavy (non-hydrogen) atoms. The van der Waals surface area contributed by atoms with Crippen LogP contribution in [-0.4, -0.2) is 37.8 Å². The highest BCUT2D eigenvalue weighted by molar-refractivity contribution is 5.78. The summed E-state index contributed by atoms with van der Waals surface area (Å²) in [6.07, 6.45) is 0.793. The molecule has 1 unspecified atom stereocenters. The van der Waals surface area contributed by atoms with Crippen molar-refractivity contribution in [2.75, 3.05) is 26.3 Å². The molecule has 2 aliphatic heterocycles. The summed E-state index contributed by atoms with van der Waals surface area (Å²) < 4.78 is 11.2. The monoisotopic (exact) mass is 276 g/mol. The second-order valence-electron chi connectivity index (χ2n) is 5.64. The van der Waals surface area contributed by atoms with Gasteiger partial charge in [-0.3, -0.25) is 4.79 Å². The lowest BCUT2D eigenvalue weighted by Crippen LogP contribution is -2.59. The van der Waals surface area contributed by atoms with Crippen LogP contribution < -0.4 is 15.4 Å². The number of nitrogens with one attached hydrogen (secondary N) is 2. The molecule has 0 radical (unpaired) electrons. The van der Waals surface area contributed by atoms with E-state index in [1.54, 1.807) is 0 Å². The van der Waals surface area contributed by atoms with E-state index in [2.05, 4.69) is 10.6 Å². The Bertz CT molecular complexity index is 500. The number of hydrogen-bond acceptors (Lipinski definition) is 4. The highest BCUT2D eigenvalue weighted by atomic mass is 16.5. The van der Waals surface area contributed by atoms with Crippen LogP contribution in [0.15, 0.2) is 24.3 Å². The molecule has 1 aromatic rings. The van der Waals surface area contributed by atoms with E-state index in [4.69, 9.17) is 9.47 Å². The van der Waals surface area contributed by atoms with Crippen LogP contribution in [0.1, 0.15) is 24.9 Å². The Labute approximate surface area is 118 Å². The largest absolute Gasteiger partial charge is 0.493 e. The lowest BCUT2D eigenvalue weighted by molar-refractivity contribution is -0.136. The third-order valence-corrected chi connectivity index (χ3v) is 3.84. The molecule has 0 bridgehead atoms. The van der Waals surface area contributed by atoms with Crippen LogP contribution in [0.5, 0.6) is 5.75 Å². The van der Waals surface area contributed by atoms with Crippen molar-refractivity contribution in [3.05, 3.63) is 29.8 Å². The lowest BCUT2D eigenvalue weighted by atomic mass is 10.00. The molecule has 0 saturated carbocycles. The first-order valence-corrected chi connectivity index (χ1v) is 7.02. The molecular weight excluding hydrogens is 256 g/mol. The second kappa shape index (κ2) is 5.42. The molecule has 1 fully saturated rings. The first-order valence-electron chi connectivity index (χ1n) is 7.02. The molecule has 0 aromatic heterocycles. The van der Waals surface area contributed by atoms with Gasteiger partial charge < -0.3 is 20.1 Å².